The molecule has 0 radical (unpaired) electrons. The van der Waals surface area contributed by atoms with Gasteiger partial charge < -0.3 is 15.4 Å². The highest BCUT2D eigenvalue weighted by atomic mass is 16.5. The lowest BCUT2D eigenvalue weighted by Gasteiger charge is -2.38. The zero-order chi connectivity index (χ0) is 15.3. The lowest BCUT2D eigenvalue weighted by Crippen LogP contribution is -2.52. The van der Waals surface area contributed by atoms with Gasteiger partial charge in [-0.15, -0.1) is 0 Å². The average Bonchev–Trinajstić information content (AvgIpc) is 2.46. The van der Waals surface area contributed by atoms with Gasteiger partial charge in [0, 0.05) is 31.0 Å². The zero-order valence-corrected chi connectivity index (χ0v) is 13.6. The molecule has 0 bridgehead atoms. The number of hydrogen-bond acceptors (Lipinski definition) is 2. The molecule has 1 aromatic carbocycles. The van der Waals surface area contributed by atoms with Gasteiger partial charge in [-0.1, -0.05) is 51.1 Å². The van der Waals surface area contributed by atoms with Gasteiger partial charge in [-0.25, -0.2) is 0 Å². The highest BCUT2D eigenvalue weighted by Crippen LogP contribution is 2.25. The van der Waals surface area contributed by atoms with Crippen molar-refractivity contribution in [2.75, 3.05) is 33.4 Å². The number of nitrogens with one attached hydrogen (secondary N) is 2. The van der Waals surface area contributed by atoms with Gasteiger partial charge in [0.15, 0.2) is 5.96 Å². The van der Waals surface area contributed by atoms with Crippen molar-refractivity contribution >= 4 is 5.96 Å². The predicted molar refractivity (Wildman–Crippen MR) is 87.8 cm³/mol. The SMILES string of the molecule is CN=C(NCC1(C)COC1)NCC(C)(C)c1ccccc1. The number of guanidine groups is 1. The van der Waals surface area contributed by atoms with E-state index >= 15 is 0 Å². The van der Waals surface area contributed by atoms with Crippen LogP contribution in [0.25, 0.3) is 0 Å². The van der Waals surface area contributed by atoms with Crippen molar-refractivity contribution < 1.29 is 4.74 Å². The predicted octanol–water partition coefficient (Wildman–Crippen LogP) is 2.17. The lowest BCUT2D eigenvalue weighted by molar-refractivity contribution is -0.0971. The van der Waals surface area contributed by atoms with Crippen LogP contribution in [0.15, 0.2) is 35.3 Å². The van der Waals surface area contributed by atoms with Crippen molar-refractivity contribution in [2.45, 2.75) is 26.2 Å². The van der Waals surface area contributed by atoms with Gasteiger partial charge in [0.05, 0.1) is 13.2 Å². The van der Waals surface area contributed by atoms with Crippen molar-refractivity contribution in [1.82, 2.24) is 10.6 Å². The van der Waals surface area contributed by atoms with Crippen LogP contribution in [0.5, 0.6) is 0 Å². The first-order valence-corrected chi connectivity index (χ1v) is 7.53. The van der Waals surface area contributed by atoms with Crippen molar-refractivity contribution in [3.8, 4) is 0 Å². The van der Waals surface area contributed by atoms with Crippen LogP contribution in [-0.2, 0) is 10.2 Å². The maximum Gasteiger partial charge on any atom is 0.191 e. The molecule has 0 atom stereocenters. The standard InChI is InChI=1S/C17H27N3O/c1-16(2,14-8-6-5-7-9-14)10-19-15(18-4)20-11-17(3)12-21-13-17/h5-9H,10-13H2,1-4H3,(H2,18,19,20). The Kier molecular flexibility index (Phi) is 4.88. The molecule has 1 saturated heterocycles. The number of aliphatic imine (C=N–C) groups is 1. The molecule has 0 saturated carbocycles. The first kappa shape index (κ1) is 15.8. The van der Waals surface area contributed by atoms with Gasteiger partial charge >= 0.3 is 0 Å². The molecule has 1 heterocycles. The molecule has 1 aliphatic rings. The fourth-order valence-electron chi connectivity index (χ4n) is 2.37. The fraction of sp³-hybridized carbons (Fsp3) is 0.588. The van der Waals surface area contributed by atoms with Crippen LogP contribution in [0.4, 0.5) is 0 Å². The Labute approximate surface area is 128 Å². The van der Waals surface area contributed by atoms with Gasteiger partial charge in [0.2, 0.25) is 0 Å². The van der Waals surface area contributed by atoms with Gasteiger partial charge in [0.1, 0.15) is 0 Å². The van der Waals surface area contributed by atoms with Gasteiger partial charge in [-0.2, -0.15) is 0 Å². The summed E-state index contributed by atoms with van der Waals surface area (Å²) in [6.07, 6.45) is 0. The third-order valence-electron chi connectivity index (χ3n) is 4.06. The molecule has 2 N–H and O–H groups in total. The second kappa shape index (κ2) is 6.48. The third-order valence-corrected chi connectivity index (χ3v) is 4.06. The number of hydrogen-bond donors (Lipinski definition) is 2. The Morgan fingerprint density at radius 3 is 2.43 bits per heavy atom. The smallest absolute Gasteiger partial charge is 0.191 e. The number of benzene rings is 1. The summed E-state index contributed by atoms with van der Waals surface area (Å²) >= 11 is 0. The van der Waals surface area contributed by atoms with E-state index in [0.29, 0.717) is 0 Å². The first-order valence-electron chi connectivity index (χ1n) is 7.53. The summed E-state index contributed by atoms with van der Waals surface area (Å²) < 4.78 is 5.28. The number of nitrogens with zero attached hydrogens (tertiary/aromatic N) is 1. The second-order valence-electron chi connectivity index (χ2n) is 6.83. The van der Waals surface area contributed by atoms with E-state index in [4.69, 9.17) is 4.74 Å². The van der Waals surface area contributed by atoms with E-state index in [1.165, 1.54) is 5.56 Å². The monoisotopic (exact) mass is 289 g/mol. The van der Waals surface area contributed by atoms with E-state index < -0.39 is 0 Å². The van der Waals surface area contributed by atoms with E-state index in [2.05, 4.69) is 66.7 Å². The minimum atomic E-state index is 0.0579. The summed E-state index contributed by atoms with van der Waals surface area (Å²) in [6, 6.07) is 10.6. The molecule has 0 spiro atoms. The molecule has 0 aliphatic carbocycles. The summed E-state index contributed by atoms with van der Waals surface area (Å²) in [5, 5.41) is 6.82. The molecule has 1 aromatic rings. The summed E-state index contributed by atoms with van der Waals surface area (Å²) in [7, 11) is 1.81. The Morgan fingerprint density at radius 2 is 1.90 bits per heavy atom. The van der Waals surface area contributed by atoms with Crippen LogP contribution in [0.1, 0.15) is 26.3 Å². The largest absolute Gasteiger partial charge is 0.380 e. The molecule has 116 valence electrons. The average molecular weight is 289 g/mol. The molecule has 0 amide bonds. The molecule has 0 aromatic heterocycles. The number of ether oxygens (including phenoxy) is 1. The van der Waals surface area contributed by atoms with E-state index in [0.717, 1.165) is 32.3 Å². The maximum absolute atomic E-state index is 5.28. The van der Waals surface area contributed by atoms with Crippen LogP contribution in [-0.4, -0.2) is 39.3 Å². The van der Waals surface area contributed by atoms with Crippen LogP contribution in [0.2, 0.25) is 0 Å². The van der Waals surface area contributed by atoms with E-state index in [-0.39, 0.29) is 10.8 Å². The first-order chi connectivity index (χ1) is 9.95. The van der Waals surface area contributed by atoms with Crippen LogP contribution in [0, 0.1) is 5.41 Å². The van der Waals surface area contributed by atoms with E-state index in [1.807, 2.05) is 7.05 Å². The summed E-state index contributed by atoms with van der Waals surface area (Å²) in [6.45, 7) is 10.1. The summed E-state index contributed by atoms with van der Waals surface area (Å²) in [5.74, 6) is 0.854. The van der Waals surface area contributed by atoms with Crippen molar-refractivity contribution in [2.24, 2.45) is 10.4 Å². The normalized spacial score (nSPS) is 18.0. The Morgan fingerprint density at radius 1 is 1.24 bits per heavy atom. The minimum absolute atomic E-state index is 0.0579. The van der Waals surface area contributed by atoms with Crippen molar-refractivity contribution in [3.05, 3.63) is 35.9 Å². The second-order valence-corrected chi connectivity index (χ2v) is 6.83. The highest BCUT2D eigenvalue weighted by molar-refractivity contribution is 5.79. The van der Waals surface area contributed by atoms with Crippen molar-refractivity contribution in [1.29, 1.82) is 0 Å². The molecular formula is C17H27N3O. The van der Waals surface area contributed by atoms with E-state index in [1.54, 1.807) is 0 Å². The summed E-state index contributed by atoms with van der Waals surface area (Å²) in [4.78, 5) is 4.30. The Bertz CT molecular complexity index is 478. The van der Waals surface area contributed by atoms with Crippen LogP contribution in [0.3, 0.4) is 0 Å². The lowest BCUT2D eigenvalue weighted by atomic mass is 9.85. The Hall–Kier alpha value is -1.55. The van der Waals surface area contributed by atoms with E-state index in [9.17, 15) is 0 Å². The molecule has 21 heavy (non-hydrogen) atoms. The third kappa shape index (κ3) is 4.21. The molecule has 4 heteroatoms. The minimum Gasteiger partial charge on any atom is -0.380 e. The highest BCUT2D eigenvalue weighted by Gasteiger charge is 2.33. The molecule has 2 rings (SSSR count). The van der Waals surface area contributed by atoms with Crippen LogP contribution >= 0.6 is 0 Å². The quantitative estimate of drug-likeness (QED) is 0.645. The zero-order valence-electron chi connectivity index (χ0n) is 13.6. The molecule has 4 nitrogen and oxygen atoms in total. The topological polar surface area (TPSA) is 45.7 Å². The van der Waals surface area contributed by atoms with Gasteiger partial charge in [-0.05, 0) is 5.56 Å². The Balaban J connectivity index is 1.85. The van der Waals surface area contributed by atoms with Gasteiger partial charge in [-0.3, -0.25) is 4.99 Å². The fourth-order valence-corrected chi connectivity index (χ4v) is 2.37. The molecular weight excluding hydrogens is 262 g/mol. The molecule has 0 unspecified atom stereocenters. The van der Waals surface area contributed by atoms with Crippen LogP contribution < -0.4 is 10.6 Å². The van der Waals surface area contributed by atoms with Gasteiger partial charge in [0.25, 0.3) is 0 Å². The molecule has 1 aliphatic heterocycles. The maximum atomic E-state index is 5.28. The summed E-state index contributed by atoms with van der Waals surface area (Å²) in [5.41, 5.74) is 1.63. The molecule has 1 fully saturated rings. The number of rotatable bonds is 5. The van der Waals surface area contributed by atoms with Crippen molar-refractivity contribution in [3.63, 3.8) is 0 Å².